The standard InChI is InChI=1S/C18H22F2N2OS2/c1-2-3-4-5-12-23-18(24)25-16(14-6-8-15(19)9-7-14)17(20)22-11-10-21-13-22/h6-11,13,16-17H,2-5,12H2,1H3. The molecule has 2 aromatic rings. The zero-order chi connectivity index (χ0) is 18.1. The number of hydrogen-bond donors (Lipinski definition) is 0. The van der Waals surface area contributed by atoms with Crippen LogP contribution in [0, 0.1) is 5.82 Å². The minimum absolute atomic E-state index is 0.300. The Labute approximate surface area is 156 Å². The molecule has 136 valence electrons. The molecule has 0 spiro atoms. The van der Waals surface area contributed by atoms with Crippen LogP contribution in [-0.2, 0) is 4.74 Å². The SMILES string of the molecule is CCCCCCOC(=S)SC(c1ccc(F)cc1)C(F)n1ccnc1. The Morgan fingerprint density at radius 1 is 1.28 bits per heavy atom. The largest absolute Gasteiger partial charge is 0.479 e. The lowest BCUT2D eigenvalue weighted by Gasteiger charge is -2.22. The number of benzene rings is 1. The highest BCUT2D eigenvalue weighted by molar-refractivity contribution is 8.22. The summed E-state index contributed by atoms with van der Waals surface area (Å²) in [6.45, 7) is 2.68. The van der Waals surface area contributed by atoms with Crippen LogP contribution >= 0.6 is 24.0 Å². The van der Waals surface area contributed by atoms with Crippen LogP contribution in [0.2, 0.25) is 0 Å². The highest BCUT2D eigenvalue weighted by Gasteiger charge is 2.27. The molecule has 1 heterocycles. The molecule has 0 amide bonds. The maximum atomic E-state index is 15.0. The van der Waals surface area contributed by atoms with Gasteiger partial charge in [0.25, 0.3) is 0 Å². The molecule has 0 aliphatic carbocycles. The van der Waals surface area contributed by atoms with Crippen LogP contribution in [0.3, 0.4) is 0 Å². The fourth-order valence-electron chi connectivity index (χ4n) is 2.33. The second-order valence-corrected chi connectivity index (χ2v) is 7.38. The summed E-state index contributed by atoms with van der Waals surface area (Å²) < 4.78 is 35.4. The highest BCUT2D eigenvalue weighted by atomic mass is 32.2. The van der Waals surface area contributed by atoms with Crippen molar-refractivity contribution in [3.8, 4) is 0 Å². The van der Waals surface area contributed by atoms with Gasteiger partial charge in [0.1, 0.15) is 5.82 Å². The van der Waals surface area contributed by atoms with Gasteiger partial charge in [0.05, 0.1) is 18.2 Å². The van der Waals surface area contributed by atoms with Crippen molar-refractivity contribution in [2.75, 3.05) is 6.61 Å². The molecule has 0 saturated carbocycles. The van der Waals surface area contributed by atoms with Gasteiger partial charge in [-0.2, -0.15) is 0 Å². The van der Waals surface area contributed by atoms with E-state index >= 15 is 0 Å². The number of aromatic nitrogens is 2. The van der Waals surface area contributed by atoms with Gasteiger partial charge in [-0.25, -0.2) is 13.8 Å². The number of halogens is 2. The number of alkyl halides is 1. The molecule has 7 heteroatoms. The molecule has 25 heavy (non-hydrogen) atoms. The van der Waals surface area contributed by atoms with E-state index in [4.69, 9.17) is 17.0 Å². The fourth-order valence-corrected chi connectivity index (χ4v) is 3.63. The van der Waals surface area contributed by atoms with Crippen LogP contribution in [0.15, 0.2) is 43.0 Å². The maximum Gasteiger partial charge on any atom is 0.220 e. The van der Waals surface area contributed by atoms with Crippen LogP contribution < -0.4 is 0 Å². The molecule has 0 aliphatic rings. The Balaban J connectivity index is 2.01. The lowest BCUT2D eigenvalue weighted by molar-refractivity contribution is 0.235. The van der Waals surface area contributed by atoms with Gasteiger partial charge >= 0.3 is 0 Å². The molecule has 2 atom stereocenters. The minimum Gasteiger partial charge on any atom is -0.479 e. The highest BCUT2D eigenvalue weighted by Crippen LogP contribution is 2.40. The summed E-state index contributed by atoms with van der Waals surface area (Å²) in [6.07, 6.45) is 7.42. The van der Waals surface area contributed by atoms with Crippen molar-refractivity contribution < 1.29 is 13.5 Å². The molecular formula is C18H22F2N2OS2. The summed E-state index contributed by atoms with van der Waals surface area (Å²) in [7, 11) is 0. The number of nitrogens with zero attached hydrogens (tertiary/aromatic N) is 2. The van der Waals surface area contributed by atoms with Crippen LogP contribution in [0.5, 0.6) is 0 Å². The van der Waals surface area contributed by atoms with E-state index in [1.165, 1.54) is 29.2 Å². The van der Waals surface area contributed by atoms with E-state index in [1.807, 2.05) is 0 Å². The first-order valence-corrected chi connectivity index (χ1v) is 9.61. The molecule has 0 N–H and O–H groups in total. The lowest BCUT2D eigenvalue weighted by Crippen LogP contribution is -2.13. The van der Waals surface area contributed by atoms with Crippen LogP contribution in [0.1, 0.15) is 49.7 Å². The predicted octanol–water partition coefficient (Wildman–Crippen LogP) is 5.85. The van der Waals surface area contributed by atoms with Gasteiger partial charge in [0, 0.05) is 12.4 Å². The first-order chi connectivity index (χ1) is 12.1. The predicted molar refractivity (Wildman–Crippen MR) is 102 cm³/mol. The van der Waals surface area contributed by atoms with Crippen molar-refractivity contribution in [2.24, 2.45) is 0 Å². The number of hydrogen-bond acceptors (Lipinski definition) is 4. The van der Waals surface area contributed by atoms with Crippen molar-refractivity contribution in [1.29, 1.82) is 0 Å². The van der Waals surface area contributed by atoms with Gasteiger partial charge in [-0.15, -0.1) is 0 Å². The summed E-state index contributed by atoms with van der Waals surface area (Å²) >= 11 is 6.39. The van der Waals surface area contributed by atoms with Gasteiger partial charge in [-0.3, -0.25) is 0 Å². The molecule has 0 fully saturated rings. The van der Waals surface area contributed by atoms with E-state index in [0.29, 0.717) is 16.6 Å². The Morgan fingerprint density at radius 2 is 2.04 bits per heavy atom. The maximum absolute atomic E-state index is 15.0. The van der Waals surface area contributed by atoms with Crippen molar-refractivity contribution in [1.82, 2.24) is 9.55 Å². The first-order valence-electron chi connectivity index (χ1n) is 8.32. The third-order valence-corrected chi connectivity index (χ3v) is 5.17. The smallest absolute Gasteiger partial charge is 0.220 e. The quantitative estimate of drug-likeness (QED) is 0.400. The molecule has 3 nitrogen and oxygen atoms in total. The third-order valence-electron chi connectivity index (χ3n) is 3.70. The summed E-state index contributed by atoms with van der Waals surface area (Å²) in [5, 5.41) is -0.641. The van der Waals surface area contributed by atoms with Crippen molar-refractivity contribution in [3.63, 3.8) is 0 Å². The van der Waals surface area contributed by atoms with Gasteiger partial charge < -0.3 is 9.30 Å². The zero-order valence-electron chi connectivity index (χ0n) is 14.1. The Hall–Kier alpha value is -1.47. The monoisotopic (exact) mass is 384 g/mol. The van der Waals surface area contributed by atoms with Gasteiger partial charge in [0.15, 0.2) is 6.30 Å². The molecule has 0 aliphatic heterocycles. The van der Waals surface area contributed by atoms with E-state index in [1.54, 1.807) is 18.3 Å². The summed E-state index contributed by atoms with van der Waals surface area (Å²) in [5.74, 6) is -0.361. The topological polar surface area (TPSA) is 27.1 Å². The Bertz CT molecular complexity index is 635. The van der Waals surface area contributed by atoms with E-state index in [0.717, 1.165) is 37.4 Å². The fraction of sp³-hybridized carbons (Fsp3) is 0.444. The number of ether oxygens (including phenoxy) is 1. The molecular weight excluding hydrogens is 362 g/mol. The summed E-state index contributed by atoms with van der Waals surface area (Å²) in [6, 6.07) is 5.77. The van der Waals surface area contributed by atoms with E-state index in [9.17, 15) is 8.78 Å². The second kappa shape index (κ2) is 10.5. The average molecular weight is 385 g/mol. The molecule has 2 unspecified atom stereocenters. The number of thioether (sulfide) groups is 1. The molecule has 2 rings (SSSR count). The van der Waals surface area contributed by atoms with E-state index < -0.39 is 11.5 Å². The van der Waals surface area contributed by atoms with Crippen molar-refractivity contribution >= 4 is 28.4 Å². The molecule has 0 radical (unpaired) electrons. The zero-order valence-corrected chi connectivity index (χ0v) is 15.7. The van der Waals surface area contributed by atoms with Gasteiger partial charge in [0.2, 0.25) is 4.38 Å². The van der Waals surface area contributed by atoms with Crippen molar-refractivity contribution in [2.45, 2.75) is 44.2 Å². The molecule has 0 saturated heterocycles. The van der Waals surface area contributed by atoms with E-state index in [2.05, 4.69) is 11.9 Å². The van der Waals surface area contributed by atoms with Crippen LogP contribution in [0.4, 0.5) is 8.78 Å². The van der Waals surface area contributed by atoms with Crippen LogP contribution in [0.25, 0.3) is 0 Å². The van der Waals surface area contributed by atoms with E-state index in [-0.39, 0.29) is 5.82 Å². The second-order valence-electron chi connectivity index (χ2n) is 5.63. The molecule has 1 aromatic heterocycles. The molecule has 0 bridgehead atoms. The summed E-state index contributed by atoms with van der Waals surface area (Å²) in [5.41, 5.74) is 0.643. The minimum atomic E-state index is -1.39. The molecule has 1 aromatic carbocycles. The average Bonchev–Trinajstić information content (AvgIpc) is 3.14. The Morgan fingerprint density at radius 3 is 2.68 bits per heavy atom. The number of imidazole rings is 1. The summed E-state index contributed by atoms with van der Waals surface area (Å²) in [4.78, 5) is 3.88. The normalized spacial score (nSPS) is 13.4. The van der Waals surface area contributed by atoms with Crippen molar-refractivity contribution in [3.05, 3.63) is 54.4 Å². The third kappa shape index (κ3) is 6.40. The van der Waals surface area contributed by atoms with Gasteiger partial charge in [-0.1, -0.05) is 50.1 Å². The number of unbranched alkanes of at least 4 members (excludes halogenated alkanes) is 3. The first kappa shape index (κ1) is 19.8. The lowest BCUT2D eigenvalue weighted by atomic mass is 10.1. The number of thiocarbonyl (C=S) groups is 1. The van der Waals surface area contributed by atoms with Crippen LogP contribution in [-0.4, -0.2) is 20.5 Å². The Kier molecular flexibility index (Phi) is 8.34. The van der Waals surface area contributed by atoms with Gasteiger partial charge in [-0.05, 0) is 36.3 Å². The number of rotatable bonds is 9.